The summed E-state index contributed by atoms with van der Waals surface area (Å²) >= 11 is 0. The van der Waals surface area contributed by atoms with E-state index in [0.29, 0.717) is 18.7 Å². The Bertz CT molecular complexity index is 578. The second kappa shape index (κ2) is 7.68. The number of hydrogen-bond acceptors (Lipinski definition) is 5. The van der Waals surface area contributed by atoms with Crippen LogP contribution in [-0.4, -0.2) is 35.5 Å². The molecule has 5 heteroatoms. The molecule has 0 radical (unpaired) electrons. The SMILES string of the molecule is COc1ccc(CCNC[C@@H](O)c2cc(O)cc(O)c2)cc1. The predicted molar refractivity (Wildman–Crippen MR) is 84.3 cm³/mol. The van der Waals surface area contributed by atoms with Crippen LogP contribution in [0.2, 0.25) is 0 Å². The van der Waals surface area contributed by atoms with Gasteiger partial charge in [-0.2, -0.15) is 0 Å². The summed E-state index contributed by atoms with van der Waals surface area (Å²) in [5.41, 5.74) is 1.66. The maximum absolute atomic E-state index is 10.0. The first kappa shape index (κ1) is 16.1. The Morgan fingerprint density at radius 1 is 1.05 bits per heavy atom. The molecule has 0 aliphatic heterocycles. The van der Waals surface area contributed by atoms with Crippen molar-refractivity contribution in [3.8, 4) is 17.2 Å². The molecule has 4 N–H and O–H groups in total. The summed E-state index contributed by atoms with van der Waals surface area (Å²) in [6.45, 7) is 1.06. The summed E-state index contributed by atoms with van der Waals surface area (Å²) in [6.07, 6.45) is 0.0519. The van der Waals surface area contributed by atoms with Gasteiger partial charge in [0.25, 0.3) is 0 Å². The van der Waals surface area contributed by atoms with Gasteiger partial charge in [-0.05, 0) is 48.4 Å². The lowest BCUT2D eigenvalue weighted by Gasteiger charge is -2.13. The highest BCUT2D eigenvalue weighted by atomic mass is 16.5. The number of aromatic hydroxyl groups is 2. The first-order chi connectivity index (χ1) is 10.6. The van der Waals surface area contributed by atoms with Crippen LogP contribution in [0.1, 0.15) is 17.2 Å². The molecule has 2 aromatic rings. The number of ether oxygens (including phenoxy) is 1. The second-order valence-corrected chi connectivity index (χ2v) is 5.10. The van der Waals surface area contributed by atoms with Gasteiger partial charge < -0.3 is 25.4 Å². The summed E-state index contributed by atoms with van der Waals surface area (Å²) in [5.74, 6) is 0.704. The van der Waals surface area contributed by atoms with Gasteiger partial charge in [0.1, 0.15) is 17.2 Å². The van der Waals surface area contributed by atoms with Crippen LogP contribution in [-0.2, 0) is 6.42 Å². The molecule has 0 spiro atoms. The topological polar surface area (TPSA) is 82.0 Å². The van der Waals surface area contributed by atoms with Gasteiger partial charge in [-0.25, -0.2) is 0 Å². The van der Waals surface area contributed by atoms with E-state index in [1.807, 2.05) is 24.3 Å². The van der Waals surface area contributed by atoms with Crippen LogP contribution < -0.4 is 10.1 Å². The molecule has 0 amide bonds. The molecular weight excluding hydrogens is 282 g/mol. The third-order valence-electron chi connectivity index (χ3n) is 3.40. The van der Waals surface area contributed by atoms with Crippen LogP contribution >= 0.6 is 0 Å². The van der Waals surface area contributed by atoms with Crippen molar-refractivity contribution in [1.82, 2.24) is 5.32 Å². The fraction of sp³-hybridized carbons (Fsp3) is 0.294. The predicted octanol–water partition coefficient (Wildman–Crippen LogP) is 1.97. The average Bonchev–Trinajstić information content (AvgIpc) is 2.51. The zero-order chi connectivity index (χ0) is 15.9. The standard InChI is InChI=1S/C17H21NO4/c1-22-16-4-2-12(3-5-16)6-7-18-11-17(21)13-8-14(19)10-15(20)9-13/h2-5,8-10,17-21H,6-7,11H2,1H3/t17-/m1/s1. The van der Waals surface area contributed by atoms with E-state index in [4.69, 9.17) is 4.74 Å². The van der Waals surface area contributed by atoms with Crippen LogP contribution in [0.4, 0.5) is 0 Å². The monoisotopic (exact) mass is 303 g/mol. The third-order valence-corrected chi connectivity index (χ3v) is 3.40. The van der Waals surface area contributed by atoms with Crippen molar-refractivity contribution in [3.05, 3.63) is 53.6 Å². The molecule has 2 rings (SSSR count). The molecule has 0 unspecified atom stereocenters. The van der Waals surface area contributed by atoms with Gasteiger partial charge in [-0.3, -0.25) is 0 Å². The zero-order valence-electron chi connectivity index (χ0n) is 12.5. The number of rotatable bonds is 7. The van der Waals surface area contributed by atoms with Crippen molar-refractivity contribution >= 4 is 0 Å². The first-order valence-corrected chi connectivity index (χ1v) is 7.13. The summed E-state index contributed by atoms with van der Waals surface area (Å²) in [5, 5.41) is 32.0. The molecule has 0 saturated heterocycles. The zero-order valence-corrected chi connectivity index (χ0v) is 12.5. The molecule has 0 heterocycles. The number of nitrogens with one attached hydrogen (secondary N) is 1. The van der Waals surface area contributed by atoms with E-state index in [-0.39, 0.29) is 11.5 Å². The normalized spacial score (nSPS) is 12.1. The number of methoxy groups -OCH3 is 1. The lowest BCUT2D eigenvalue weighted by Crippen LogP contribution is -2.23. The minimum Gasteiger partial charge on any atom is -0.508 e. The number of aliphatic hydroxyl groups excluding tert-OH is 1. The van der Waals surface area contributed by atoms with Crippen LogP contribution in [0.3, 0.4) is 0 Å². The lowest BCUT2D eigenvalue weighted by atomic mass is 10.1. The Morgan fingerprint density at radius 3 is 2.27 bits per heavy atom. The Balaban J connectivity index is 1.77. The number of aliphatic hydroxyl groups is 1. The summed E-state index contributed by atoms with van der Waals surface area (Å²) in [7, 11) is 1.64. The minimum absolute atomic E-state index is 0.0627. The van der Waals surface area contributed by atoms with E-state index >= 15 is 0 Å². The molecule has 118 valence electrons. The highest BCUT2D eigenvalue weighted by Gasteiger charge is 2.09. The van der Waals surface area contributed by atoms with Gasteiger partial charge in [-0.15, -0.1) is 0 Å². The molecule has 0 fully saturated rings. The maximum Gasteiger partial charge on any atom is 0.119 e. The third kappa shape index (κ3) is 4.65. The summed E-state index contributed by atoms with van der Waals surface area (Å²) in [6, 6.07) is 12.0. The van der Waals surface area contributed by atoms with Crippen molar-refractivity contribution in [2.75, 3.05) is 20.2 Å². The molecular formula is C17H21NO4. The van der Waals surface area contributed by atoms with E-state index in [1.54, 1.807) is 7.11 Å². The summed E-state index contributed by atoms with van der Waals surface area (Å²) in [4.78, 5) is 0. The highest BCUT2D eigenvalue weighted by molar-refractivity contribution is 5.37. The van der Waals surface area contributed by atoms with Crippen LogP contribution in [0, 0.1) is 0 Å². The van der Waals surface area contributed by atoms with E-state index < -0.39 is 6.10 Å². The van der Waals surface area contributed by atoms with Crippen LogP contribution in [0.15, 0.2) is 42.5 Å². The Morgan fingerprint density at radius 2 is 1.68 bits per heavy atom. The molecule has 22 heavy (non-hydrogen) atoms. The smallest absolute Gasteiger partial charge is 0.119 e. The number of benzene rings is 2. The highest BCUT2D eigenvalue weighted by Crippen LogP contribution is 2.24. The van der Waals surface area contributed by atoms with Gasteiger partial charge in [0.15, 0.2) is 0 Å². The van der Waals surface area contributed by atoms with Crippen molar-refractivity contribution < 1.29 is 20.1 Å². The fourth-order valence-corrected chi connectivity index (χ4v) is 2.19. The van der Waals surface area contributed by atoms with Gasteiger partial charge in [0.05, 0.1) is 13.2 Å². The van der Waals surface area contributed by atoms with Crippen molar-refractivity contribution in [2.45, 2.75) is 12.5 Å². The lowest BCUT2D eigenvalue weighted by molar-refractivity contribution is 0.174. The van der Waals surface area contributed by atoms with E-state index in [9.17, 15) is 15.3 Å². The number of hydrogen-bond donors (Lipinski definition) is 4. The molecule has 2 aromatic carbocycles. The van der Waals surface area contributed by atoms with Crippen LogP contribution in [0.25, 0.3) is 0 Å². The molecule has 0 aliphatic carbocycles. The second-order valence-electron chi connectivity index (χ2n) is 5.10. The Labute approximate surface area is 129 Å². The average molecular weight is 303 g/mol. The quantitative estimate of drug-likeness (QED) is 0.588. The first-order valence-electron chi connectivity index (χ1n) is 7.13. The fourth-order valence-electron chi connectivity index (χ4n) is 2.19. The Kier molecular flexibility index (Phi) is 5.63. The molecule has 1 atom stereocenters. The summed E-state index contributed by atoms with van der Waals surface area (Å²) < 4.78 is 5.11. The number of phenols is 2. The van der Waals surface area contributed by atoms with E-state index in [2.05, 4.69) is 5.32 Å². The molecule has 0 aliphatic rings. The minimum atomic E-state index is -0.783. The van der Waals surface area contributed by atoms with Gasteiger partial charge in [-0.1, -0.05) is 12.1 Å². The van der Waals surface area contributed by atoms with Gasteiger partial charge in [0, 0.05) is 12.6 Å². The van der Waals surface area contributed by atoms with Crippen molar-refractivity contribution in [2.24, 2.45) is 0 Å². The largest absolute Gasteiger partial charge is 0.508 e. The molecule has 0 bridgehead atoms. The molecule has 5 nitrogen and oxygen atoms in total. The van der Waals surface area contributed by atoms with E-state index in [1.165, 1.54) is 23.8 Å². The Hall–Kier alpha value is -2.24. The van der Waals surface area contributed by atoms with Gasteiger partial charge >= 0.3 is 0 Å². The van der Waals surface area contributed by atoms with E-state index in [0.717, 1.165) is 12.2 Å². The van der Waals surface area contributed by atoms with Crippen molar-refractivity contribution in [1.29, 1.82) is 0 Å². The number of phenolic OH excluding ortho intramolecular Hbond substituents is 2. The molecule has 0 aromatic heterocycles. The van der Waals surface area contributed by atoms with Crippen LogP contribution in [0.5, 0.6) is 17.2 Å². The van der Waals surface area contributed by atoms with Gasteiger partial charge in [0.2, 0.25) is 0 Å². The van der Waals surface area contributed by atoms with Crippen molar-refractivity contribution in [3.63, 3.8) is 0 Å². The molecule has 0 saturated carbocycles. The maximum atomic E-state index is 10.0.